The third-order valence-electron chi connectivity index (χ3n) is 3.96. The third-order valence-corrected chi connectivity index (χ3v) is 3.96. The van der Waals surface area contributed by atoms with E-state index in [0.29, 0.717) is 0 Å². The summed E-state index contributed by atoms with van der Waals surface area (Å²) in [6.07, 6.45) is 2.48. The summed E-state index contributed by atoms with van der Waals surface area (Å²) in [5.41, 5.74) is 5.93. The molecule has 1 fully saturated rings. The summed E-state index contributed by atoms with van der Waals surface area (Å²) in [7, 11) is 1.62. The highest BCUT2D eigenvalue weighted by Crippen LogP contribution is 2.45. The zero-order valence-corrected chi connectivity index (χ0v) is 11.8. The molecule has 1 atom stereocenters. The summed E-state index contributed by atoms with van der Waals surface area (Å²) >= 11 is 0. The zero-order chi connectivity index (χ0) is 14.1. The van der Waals surface area contributed by atoms with Crippen LogP contribution in [0.4, 0.5) is 5.69 Å². The van der Waals surface area contributed by atoms with Gasteiger partial charge in [0.2, 0.25) is 5.91 Å². The number of methoxy groups -OCH3 is 1. The molecule has 0 bridgehead atoms. The van der Waals surface area contributed by atoms with Crippen molar-refractivity contribution in [2.75, 3.05) is 12.4 Å². The van der Waals surface area contributed by atoms with Gasteiger partial charge in [-0.1, -0.05) is 26.0 Å². The van der Waals surface area contributed by atoms with Crippen molar-refractivity contribution in [3.8, 4) is 5.75 Å². The molecule has 1 unspecified atom stereocenters. The van der Waals surface area contributed by atoms with E-state index in [2.05, 4.69) is 19.2 Å². The second-order valence-corrected chi connectivity index (χ2v) is 6.11. The Hall–Kier alpha value is -1.71. The highest BCUT2D eigenvalue weighted by atomic mass is 16.5. The van der Waals surface area contributed by atoms with Crippen molar-refractivity contribution in [3.63, 3.8) is 0 Å². The number of nitrogens with one attached hydrogen (secondary N) is 1. The van der Waals surface area contributed by atoms with Crippen LogP contribution in [0.15, 0.2) is 24.3 Å². The standard InChI is InChI=1S/C15H22N2O2/c1-14(2)8-9-15(10-14,13(16)18)17-11-6-4-5-7-12(11)19-3/h4-7,17H,8-10H2,1-3H3,(H2,16,18). The molecule has 0 heterocycles. The van der Waals surface area contributed by atoms with Gasteiger partial charge in [-0.05, 0) is 36.8 Å². The lowest BCUT2D eigenvalue weighted by Gasteiger charge is -2.30. The van der Waals surface area contributed by atoms with Gasteiger partial charge >= 0.3 is 0 Å². The van der Waals surface area contributed by atoms with Crippen molar-refractivity contribution in [1.29, 1.82) is 0 Å². The SMILES string of the molecule is COc1ccccc1NC1(C(N)=O)CCC(C)(C)C1. The van der Waals surface area contributed by atoms with E-state index in [1.165, 1.54) is 0 Å². The van der Waals surface area contributed by atoms with Gasteiger partial charge in [-0.3, -0.25) is 4.79 Å². The Morgan fingerprint density at radius 2 is 2.00 bits per heavy atom. The van der Waals surface area contributed by atoms with E-state index in [1.807, 2.05) is 24.3 Å². The average molecular weight is 262 g/mol. The highest BCUT2D eigenvalue weighted by Gasteiger charge is 2.47. The summed E-state index contributed by atoms with van der Waals surface area (Å²) in [5.74, 6) is 0.441. The molecule has 0 aromatic heterocycles. The fourth-order valence-corrected chi connectivity index (χ4v) is 2.93. The van der Waals surface area contributed by atoms with Crippen LogP contribution in [-0.4, -0.2) is 18.6 Å². The van der Waals surface area contributed by atoms with Crippen LogP contribution < -0.4 is 15.8 Å². The normalized spacial score (nSPS) is 25.0. The van der Waals surface area contributed by atoms with Crippen molar-refractivity contribution in [2.24, 2.45) is 11.1 Å². The zero-order valence-electron chi connectivity index (χ0n) is 11.8. The first-order valence-corrected chi connectivity index (χ1v) is 6.60. The van der Waals surface area contributed by atoms with E-state index in [1.54, 1.807) is 7.11 Å². The number of rotatable bonds is 4. The number of para-hydroxylation sites is 2. The Bertz CT molecular complexity index is 485. The number of benzene rings is 1. The average Bonchev–Trinajstić information content (AvgIpc) is 2.67. The largest absolute Gasteiger partial charge is 0.495 e. The van der Waals surface area contributed by atoms with Gasteiger partial charge in [-0.2, -0.15) is 0 Å². The molecular formula is C15H22N2O2. The van der Waals surface area contributed by atoms with E-state index < -0.39 is 5.54 Å². The van der Waals surface area contributed by atoms with Crippen molar-refractivity contribution >= 4 is 11.6 Å². The molecule has 1 saturated carbocycles. The molecule has 0 spiro atoms. The van der Waals surface area contributed by atoms with Crippen LogP contribution in [0.3, 0.4) is 0 Å². The molecule has 1 aromatic rings. The summed E-state index contributed by atoms with van der Waals surface area (Å²) < 4.78 is 5.32. The number of anilines is 1. The lowest BCUT2D eigenvalue weighted by Crippen LogP contribution is -2.49. The predicted octanol–water partition coefficient (Wildman–Crippen LogP) is 2.54. The Kier molecular flexibility index (Phi) is 3.43. The van der Waals surface area contributed by atoms with E-state index in [9.17, 15) is 4.79 Å². The molecular weight excluding hydrogens is 240 g/mol. The summed E-state index contributed by atoms with van der Waals surface area (Å²) in [4.78, 5) is 11.9. The second-order valence-electron chi connectivity index (χ2n) is 6.11. The molecule has 1 aromatic carbocycles. The van der Waals surface area contributed by atoms with Crippen LogP contribution in [0.25, 0.3) is 0 Å². The molecule has 4 nitrogen and oxygen atoms in total. The van der Waals surface area contributed by atoms with Crippen LogP contribution in [0.5, 0.6) is 5.75 Å². The number of hydrogen-bond donors (Lipinski definition) is 2. The smallest absolute Gasteiger partial charge is 0.243 e. The molecule has 3 N–H and O–H groups in total. The third kappa shape index (κ3) is 2.67. The molecule has 0 saturated heterocycles. The lowest BCUT2D eigenvalue weighted by molar-refractivity contribution is -0.122. The molecule has 4 heteroatoms. The van der Waals surface area contributed by atoms with Crippen molar-refractivity contribution < 1.29 is 9.53 Å². The number of ether oxygens (including phenoxy) is 1. The summed E-state index contributed by atoms with van der Waals surface area (Å²) in [6.45, 7) is 4.34. The predicted molar refractivity (Wildman–Crippen MR) is 76.2 cm³/mol. The van der Waals surface area contributed by atoms with Crippen LogP contribution in [0.1, 0.15) is 33.1 Å². The molecule has 19 heavy (non-hydrogen) atoms. The topological polar surface area (TPSA) is 64.3 Å². The fourth-order valence-electron chi connectivity index (χ4n) is 2.93. The molecule has 1 amide bonds. The Morgan fingerprint density at radius 3 is 2.53 bits per heavy atom. The minimum Gasteiger partial charge on any atom is -0.495 e. The maximum absolute atomic E-state index is 11.9. The number of hydrogen-bond acceptors (Lipinski definition) is 3. The van der Waals surface area contributed by atoms with Crippen LogP contribution in [-0.2, 0) is 4.79 Å². The van der Waals surface area contributed by atoms with Crippen LogP contribution in [0.2, 0.25) is 0 Å². The van der Waals surface area contributed by atoms with Gasteiger partial charge in [-0.15, -0.1) is 0 Å². The molecule has 0 radical (unpaired) electrons. The molecule has 2 rings (SSSR count). The van der Waals surface area contributed by atoms with Gasteiger partial charge in [0.05, 0.1) is 12.8 Å². The van der Waals surface area contributed by atoms with Gasteiger partial charge in [-0.25, -0.2) is 0 Å². The molecule has 0 aliphatic heterocycles. The maximum atomic E-state index is 11.9. The van der Waals surface area contributed by atoms with E-state index >= 15 is 0 Å². The van der Waals surface area contributed by atoms with Gasteiger partial charge in [0.15, 0.2) is 0 Å². The Balaban J connectivity index is 2.30. The van der Waals surface area contributed by atoms with Crippen molar-refractivity contribution in [2.45, 2.75) is 38.6 Å². The first-order chi connectivity index (χ1) is 8.88. The molecule has 1 aliphatic carbocycles. The Labute approximate surface area is 114 Å². The minimum absolute atomic E-state index is 0.129. The molecule has 104 valence electrons. The Morgan fingerprint density at radius 1 is 1.32 bits per heavy atom. The number of nitrogens with two attached hydrogens (primary N) is 1. The van der Waals surface area contributed by atoms with Crippen molar-refractivity contribution in [3.05, 3.63) is 24.3 Å². The maximum Gasteiger partial charge on any atom is 0.243 e. The summed E-state index contributed by atoms with van der Waals surface area (Å²) in [5, 5.41) is 3.33. The number of carbonyl (C=O) groups excluding carboxylic acids is 1. The second kappa shape index (κ2) is 4.76. The summed E-state index contributed by atoms with van der Waals surface area (Å²) in [6, 6.07) is 7.60. The van der Waals surface area contributed by atoms with E-state index in [0.717, 1.165) is 30.7 Å². The van der Waals surface area contributed by atoms with Crippen molar-refractivity contribution in [1.82, 2.24) is 0 Å². The van der Waals surface area contributed by atoms with Gasteiger partial charge in [0.25, 0.3) is 0 Å². The van der Waals surface area contributed by atoms with Gasteiger partial charge < -0.3 is 15.8 Å². The monoisotopic (exact) mass is 262 g/mol. The van der Waals surface area contributed by atoms with E-state index in [4.69, 9.17) is 10.5 Å². The number of amides is 1. The van der Waals surface area contributed by atoms with Crippen LogP contribution in [0, 0.1) is 5.41 Å². The fraction of sp³-hybridized carbons (Fsp3) is 0.533. The highest BCUT2D eigenvalue weighted by molar-refractivity contribution is 5.89. The van der Waals surface area contributed by atoms with E-state index in [-0.39, 0.29) is 11.3 Å². The molecule has 1 aliphatic rings. The van der Waals surface area contributed by atoms with Crippen LogP contribution >= 0.6 is 0 Å². The first-order valence-electron chi connectivity index (χ1n) is 6.60. The lowest BCUT2D eigenvalue weighted by atomic mass is 9.87. The van der Waals surface area contributed by atoms with Gasteiger partial charge in [0, 0.05) is 0 Å². The quantitative estimate of drug-likeness (QED) is 0.876. The minimum atomic E-state index is -0.669. The number of carbonyl (C=O) groups is 1. The van der Waals surface area contributed by atoms with Gasteiger partial charge in [0.1, 0.15) is 11.3 Å². The first kappa shape index (κ1) is 13.7. The number of primary amides is 1.